The van der Waals surface area contributed by atoms with E-state index in [0.29, 0.717) is 34.1 Å². The molecule has 0 spiro atoms. The second kappa shape index (κ2) is 7.52. The molecule has 0 fully saturated rings. The number of aromatic nitrogens is 2. The van der Waals surface area contributed by atoms with E-state index < -0.39 is 6.04 Å². The van der Waals surface area contributed by atoms with E-state index in [-0.39, 0.29) is 5.91 Å². The summed E-state index contributed by atoms with van der Waals surface area (Å²) < 4.78 is 7.20. The summed E-state index contributed by atoms with van der Waals surface area (Å²) in [5.74, 6) is 0.936. The second-order valence-electron chi connectivity index (χ2n) is 6.59. The topological polar surface area (TPSA) is 92.0 Å². The number of carbonyl (C=O) groups excluding carboxylic acids is 1. The van der Waals surface area contributed by atoms with E-state index in [4.69, 9.17) is 4.74 Å². The van der Waals surface area contributed by atoms with Gasteiger partial charge < -0.3 is 15.4 Å². The number of anilines is 2. The molecule has 2 heterocycles. The molecule has 1 aromatic heterocycles. The minimum atomic E-state index is -0.548. The predicted molar refractivity (Wildman–Crippen MR) is 109 cm³/mol. The molecule has 1 amide bonds. The highest BCUT2D eigenvalue weighted by molar-refractivity contribution is 6.06. The lowest BCUT2D eigenvalue weighted by Crippen LogP contribution is -2.31. The number of ether oxygens (including phenoxy) is 1. The summed E-state index contributed by atoms with van der Waals surface area (Å²) in [5, 5.41) is 19.9. The van der Waals surface area contributed by atoms with Crippen LogP contribution in [0.15, 0.2) is 72.1 Å². The van der Waals surface area contributed by atoms with Crippen molar-refractivity contribution in [2.45, 2.75) is 13.0 Å². The molecule has 2 aromatic carbocycles. The molecule has 1 aliphatic heterocycles. The van der Waals surface area contributed by atoms with Gasteiger partial charge in [0.2, 0.25) is 0 Å². The maximum atomic E-state index is 13.3. The van der Waals surface area contributed by atoms with Gasteiger partial charge in [0.05, 0.1) is 18.9 Å². The zero-order valence-corrected chi connectivity index (χ0v) is 16.0. The SMILES string of the molecule is COc1ccccc1[C@H]1C(C(=O)Nc2ccccc2)=C(C)Nc2c(C#N)cnn21. The van der Waals surface area contributed by atoms with Gasteiger partial charge >= 0.3 is 0 Å². The molecular formula is C22H19N5O2. The fourth-order valence-corrected chi connectivity index (χ4v) is 3.53. The summed E-state index contributed by atoms with van der Waals surface area (Å²) in [4.78, 5) is 13.3. The first-order chi connectivity index (χ1) is 14.1. The Hall–Kier alpha value is -4.05. The number of para-hydroxylation sites is 2. The van der Waals surface area contributed by atoms with Crippen LogP contribution in [0.5, 0.6) is 5.75 Å². The number of amides is 1. The van der Waals surface area contributed by atoms with Gasteiger partial charge in [0, 0.05) is 16.9 Å². The molecule has 3 aromatic rings. The maximum absolute atomic E-state index is 13.3. The lowest BCUT2D eigenvalue weighted by atomic mass is 9.93. The van der Waals surface area contributed by atoms with E-state index in [1.807, 2.05) is 61.5 Å². The first kappa shape index (κ1) is 18.3. The van der Waals surface area contributed by atoms with E-state index in [1.165, 1.54) is 6.20 Å². The second-order valence-corrected chi connectivity index (χ2v) is 6.59. The number of fused-ring (bicyclic) bond motifs is 1. The smallest absolute Gasteiger partial charge is 0.255 e. The van der Waals surface area contributed by atoms with Crippen LogP contribution in [-0.4, -0.2) is 22.8 Å². The minimum absolute atomic E-state index is 0.253. The van der Waals surface area contributed by atoms with Gasteiger partial charge in [-0.3, -0.25) is 4.79 Å². The van der Waals surface area contributed by atoms with E-state index >= 15 is 0 Å². The lowest BCUT2D eigenvalue weighted by Gasteiger charge is -2.30. The Kier molecular flexibility index (Phi) is 4.75. The first-order valence-corrected chi connectivity index (χ1v) is 9.08. The van der Waals surface area contributed by atoms with Crippen LogP contribution in [0.3, 0.4) is 0 Å². The molecule has 7 nitrogen and oxygen atoms in total. The van der Waals surface area contributed by atoms with Crippen molar-refractivity contribution in [3.8, 4) is 11.8 Å². The maximum Gasteiger partial charge on any atom is 0.255 e. The molecular weight excluding hydrogens is 366 g/mol. The van der Waals surface area contributed by atoms with Crippen molar-refractivity contribution in [3.63, 3.8) is 0 Å². The normalized spacial score (nSPS) is 15.1. The van der Waals surface area contributed by atoms with E-state index in [2.05, 4.69) is 21.8 Å². The van der Waals surface area contributed by atoms with Gasteiger partial charge in [-0.05, 0) is 25.1 Å². The Morgan fingerprint density at radius 2 is 1.93 bits per heavy atom. The molecule has 0 radical (unpaired) electrons. The summed E-state index contributed by atoms with van der Waals surface area (Å²) in [6.07, 6.45) is 1.50. The van der Waals surface area contributed by atoms with Gasteiger partial charge in [-0.2, -0.15) is 10.4 Å². The lowest BCUT2D eigenvalue weighted by molar-refractivity contribution is -0.113. The molecule has 144 valence electrons. The fourth-order valence-electron chi connectivity index (χ4n) is 3.53. The Bertz CT molecular complexity index is 1140. The van der Waals surface area contributed by atoms with Crippen LogP contribution in [0.2, 0.25) is 0 Å². The quantitative estimate of drug-likeness (QED) is 0.715. The van der Waals surface area contributed by atoms with Crippen LogP contribution < -0.4 is 15.4 Å². The van der Waals surface area contributed by atoms with Crippen LogP contribution >= 0.6 is 0 Å². The highest BCUT2D eigenvalue weighted by Gasteiger charge is 2.35. The van der Waals surface area contributed by atoms with Gasteiger partial charge in [0.15, 0.2) is 0 Å². The average Bonchev–Trinajstić information content (AvgIpc) is 3.15. The standard InChI is InChI=1S/C22H19N5O2/c1-14-19(22(28)26-16-8-4-3-5-9-16)20(17-10-6-7-11-18(17)29-2)27-21(25-14)15(12-23)13-24-27/h3-11,13,20,25H,1-2H3,(H,26,28)/t20-/m0/s1. The molecule has 0 bridgehead atoms. The fraction of sp³-hybridized carbons (Fsp3) is 0.136. The third kappa shape index (κ3) is 3.21. The van der Waals surface area contributed by atoms with Crippen molar-refractivity contribution < 1.29 is 9.53 Å². The van der Waals surface area contributed by atoms with Gasteiger partial charge in [-0.15, -0.1) is 0 Å². The molecule has 0 saturated carbocycles. The van der Waals surface area contributed by atoms with Crippen molar-refractivity contribution in [3.05, 3.63) is 83.2 Å². The number of benzene rings is 2. The third-order valence-corrected chi connectivity index (χ3v) is 4.85. The molecule has 7 heteroatoms. The average molecular weight is 385 g/mol. The molecule has 0 aliphatic carbocycles. The summed E-state index contributed by atoms with van der Waals surface area (Å²) in [7, 11) is 1.59. The molecule has 1 aliphatic rings. The van der Waals surface area contributed by atoms with Crippen molar-refractivity contribution >= 4 is 17.4 Å². The third-order valence-electron chi connectivity index (χ3n) is 4.85. The molecule has 0 saturated heterocycles. The van der Waals surface area contributed by atoms with Crippen LogP contribution in [0.25, 0.3) is 0 Å². The van der Waals surface area contributed by atoms with Crippen molar-refractivity contribution in [1.29, 1.82) is 5.26 Å². The number of carbonyl (C=O) groups is 1. The monoisotopic (exact) mass is 385 g/mol. The Labute approximate surface area is 168 Å². The first-order valence-electron chi connectivity index (χ1n) is 9.08. The molecule has 1 atom stereocenters. The Morgan fingerprint density at radius 3 is 2.66 bits per heavy atom. The molecule has 29 heavy (non-hydrogen) atoms. The highest BCUT2D eigenvalue weighted by Crippen LogP contribution is 2.40. The summed E-state index contributed by atoms with van der Waals surface area (Å²) in [6, 6.07) is 18.4. The van der Waals surface area contributed by atoms with Crippen molar-refractivity contribution in [2.24, 2.45) is 0 Å². The van der Waals surface area contributed by atoms with E-state index in [9.17, 15) is 10.1 Å². The largest absolute Gasteiger partial charge is 0.496 e. The Balaban J connectivity index is 1.86. The molecule has 0 unspecified atom stereocenters. The number of hydrogen-bond donors (Lipinski definition) is 2. The summed E-state index contributed by atoms with van der Waals surface area (Å²) >= 11 is 0. The zero-order valence-electron chi connectivity index (χ0n) is 16.0. The van der Waals surface area contributed by atoms with Gasteiger partial charge in [0.1, 0.15) is 29.2 Å². The zero-order chi connectivity index (χ0) is 20.4. The van der Waals surface area contributed by atoms with Crippen molar-refractivity contribution in [1.82, 2.24) is 9.78 Å². The molecule has 4 rings (SSSR count). The highest BCUT2D eigenvalue weighted by atomic mass is 16.5. The van der Waals surface area contributed by atoms with Crippen LogP contribution in [-0.2, 0) is 4.79 Å². The number of nitriles is 1. The number of methoxy groups -OCH3 is 1. The number of rotatable bonds is 4. The number of allylic oxidation sites excluding steroid dienone is 1. The van der Waals surface area contributed by atoms with E-state index in [1.54, 1.807) is 11.8 Å². The molecule has 2 N–H and O–H groups in total. The number of nitrogens with one attached hydrogen (secondary N) is 2. The van der Waals surface area contributed by atoms with Crippen LogP contribution in [0.1, 0.15) is 24.1 Å². The van der Waals surface area contributed by atoms with Crippen LogP contribution in [0, 0.1) is 11.3 Å². The van der Waals surface area contributed by atoms with Crippen molar-refractivity contribution in [2.75, 3.05) is 17.7 Å². The van der Waals surface area contributed by atoms with Crippen LogP contribution in [0.4, 0.5) is 11.5 Å². The van der Waals surface area contributed by atoms with Gasteiger partial charge in [0.25, 0.3) is 5.91 Å². The number of nitrogens with zero attached hydrogens (tertiary/aromatic N) is 3. The summed E-state index contributed by atoms with van der Waals surface area (Å²) in [5.41, 5.74) is 3.03. The van der Waals surface area contributed by atoms with E-state index in [0.717, 1.165) is 5.56 Å². The Morgan fingerprint density at radius 1 is 1.21 bits per heavy atom. The number of hydrogen-bond acceptors (Lipinski definition) is 5. The minimum Gasteiger partial charge on any atom is -0.496 e. The predicted octanol–water partition coefficient (Wildman–Crippen LogP) is 3.69. The summed E-state index contributed by atoms with van der Waals surface area (Å²) in [6.45, 7) is 1.82. The van der Waals surface area contributed by atoms with Gasteiger partial charge in [-0.25, -0.2) is 4.68 Å². The van der Waals surface area contributed by atoms with Gasteiger partial charge in [-0.1, -0.05) is 36.4 Å².